The summed E-state index contributed by atoms with van der Waals surface area (Å²) >= 11 is 9.04. The standard InChI is InChI=1S/C15H10BrClF4/c16-13-5-4-10(8-12(13)15(19,20)21)14(17)7-9-2-1-3-11(18)6-9/h1-6,8,14H,7H2. The van der Waals surface area contributed by atoms with E-state index in [9.17, 15) is 17.6 Å². The van der Waals surface area contributed by atoms with Gasteiger partial charge in [0.25, 0.3) is 0 Å². The maximum absolute atomic E-state index is 13.1. The van der Waals surface area contributed by atoms with Gasteiger partial charge in [-0.3, -0.25) is 0 Å². The third-order valence-electron chi connectivity index (χ3n) is 2.96. The van der Waals surface area contributed by atoms with Gasteiger partial charge in [-0.25, -0.2) is 4.39 Å². The van der Waals surface area contributed by atoms with Gasteiger partial charge in [-0.15, -0.1) is 11.6 Å². The van der Waals surface area contributed by atoms with Gasteiger partial charge in [0, 0.05) is 4.47 Å². The first-order valence-corrected chi connectivity index (χ1v) is 7.25. The predicted octanol–water partition coefficient (Wildman–Crippen LogP) is 6.13. The van der Waals surface area contributed by atoms with E-state index in [2.05, 4.69) is 15.9 Å². The van der Waals surface area contributed by atoms with E-state index in [0.717, 1.165) is 6.07 Å². The van der Waals surface area contributed by atoms with Crippen molar-refractivity contribution in [1.82, 2.24) is 0 Å². The first-order valence-electron chi connectivity index (χ1n) is 6.02. The highest BCUT2D eigenvalue weighted by atomic mass is 79.9. The van der Waals surface area contributed by atoms with Crippen LogP contribution in [0.3, 0.4) is 0 Å². The Morgan fingerprint density at radius 2 is 1.81 bits per heavy atom. The molecule has 2 aromatic rings. The average Bonchev–Trinajstić information content (AvgIpc) is 2.37. The van der Waals surface area contributed by atoms with Crippen molar-refractivity contribution in [3.8, 4) is 0 Å². The summed E-state index contributed by atoms with van der Waals surface area (Å²) < 4.78 is 51.6. The molecule has 0 aromatic heterocycles. The van der Waals surface area contributed by atoms with Gasteiger partial charge < -0.3 is 0 Å². The Hall–Kier alpha value is -1.07. The minimum Gasteiger partial charge on any atom is -0.207 e. The molecular weight excluding hydrogens is 372 g/mol. The highest BCUT2D eigenvalue weighted by Crippen LogP contribution is 2.37. The third-order valence-corrected chi connectivity index (χ3v) is 4.06. The second kappa shape index (κ2) is 6.36. The van der Waals surface area contributed by atoms with Crippen molar-refractivity contribution in [2.75, 3.05) is 0 Å². The summed E-state index contributed by atoms with van der Waals surface area (Å²) in [6.07, 6.45) is -4.21. The molecule has 0 heterocycles. The van der Waals surface area contributed by atoms with Crippen LogP contribution in [0.4, 0.5) is 17.6 Å². The van der Waals surface area contributed by atoms with E-state index >= 15 is 0 Å². The lowest BCUT2D eigenvalue weighted by atomic mass is 10.0. The van der Waals surface area contributed by atoms with Crippen LogP contribution < -0.4 is 0 Å². The molecule has 2 aromatic carbocycles. The van der Waals surface area contributed by atoms with E-state index < -0.39 is 22.9 Å². The van der Waals surface area contributed by atoms with Gasteiger partial charge in [0.2, 0.25) is 0 Å². The molecule has 0 spiro atoms. The Morgan fingerprint density at radius 1 is 1.10 bits per heavy atom. The van der Waals surface area contributed by atoms with Crippen LogP contribution in [0, 0.1) is 5.82 Å². The van der Waals surface area contributed by atoms with Crippen molar-refractivity contribution in [2.45, 2.75) is 18.0 Å². The van der Waals surface area contributed by atoms with Crippen LogP contribution in [-0.2, 0) is 12.6 Å². The molecule has 0 fully saturated rings. The largest absolute Gasteiger partial charge is 0.417 e. The Balaban J connectivity index is 2.25. The quantitative estimate of drug-likeness (QED) is 0.443. The topological polar surface area (TPSA) is 0 Å². The van der Waals surface area contributed by atoms with Crippen LogP contribution in [0.15, 0.2) is 46.9 Å². The van der Waals surface area contributed by atoms with Gasteiger partial charge in [-0.1, -0.05) is 34.1 Å². The van der Waals surface area contributed by atoms with Crippen molar-refractivity contribution in [2.24, 2.45) is 0 Å². The fraction of sp³-hybridized carbons (Fsp3) is 0.200. The smallest absolute Gasteiger partial charge is 0.207 e. The monoisotopic (exact) mass is 380 g/mol. The minimum absolute atomic E-state index is 0.0339. The fourth-order valence-corrected chi connectivity index (χ4v) is 2.73. The molecule has 21 heavy (non-hydrogen) atoms. The van der Waals surface area contributed by atoms with Crippen molar-refractivity contribution in [3.05, 3.63) is 69.4 Å². The Labute approximate surface area is 132 Å². The fourth-order valence-electron chi connectivity index (χ4n) is 1.94. The normalized spacial score (nSPS) is 13.2. The lowest BCUT2D eigenvalue weighted by molar-refractivity contribution is -0.138. The SMILES string of the molecule is Fc1cccc(CC(Cl)c2ccc(Br)c(C(F)(F)F)c2)c1. The summed E-state index contributed by atoms with van der Waals surface area (Å²) in [6, 6.07) is 9.70. The van der Waals surface area contributed by atoms with Gasteiger partial charge in [0.15, 0.2) is 0 Å². The lowest BCUT2D eigenvalue weighted by Gasteiger charge is -2.14. The van der Waals surface area contributed by atoms with E-state index in [1.807, 2.05) is 0 Å². The average molecular weight is 382 g/mol. The molecule has 0 aliphatic carbocycles. The Bertz CT molecular complexity index is 640. The van der Waals surface area contributed by atoms with Crippen molar-refractivity contribution >= 4 is 27.5 Å². The maximum Gasteiger partial charge on any atom is 0.417 e. The van der Waals surface area contributed by atoms with Crippen LogP contribution in [0.1, 0.15) is 22.1 Å². The zero-order valence-electron chi connectivity index (χ0n) is 10.6. The first kappa shape index (κ1) is 16.3. The molecule has 0 aliphatic rings. The van der Waals surface area contributed by atoms with Crippen molar-refractivity contribution in [1.29, 1.82) is 0 Å². The molecule has 1 unspecified atom stereocenters. The van der Waals surface area contributed by atoms with E-state index in [1.165, 1.54) is 30.3 Å². The molecule has 0 saturated heterocycles. The molecule has 0 amide bonds. The Morgan fingerprint density at radius 3 is 2.43 bits per heavy atom. The third kappa shape index (κ3) is 4.20. The summed E-state index contributed by atoms with van der Waals surface area (Å²) in [5.41, 5.74) is 0.202. The minimum atomic E-state index is -4.45. The lowest BCUT2D eigenvalue weighted by Crippen LogP contribution is -2.07. The van der Waals surface area contributed by atoms with Crippen LogP contribution in [0.5, 0.6) is 0 Å². The maximum atomic E-state index is 13.1. The molecule has 0 radical (unpaired) electrons. The van der Waals surface area contributed by atoms with Crippen LogP contribution in [0.25, 0.3) is 0 Å². The summed E-state index contributed by atoms with van der Waals surface area (Å²) in [7, 11) is 0. The molecule has 2 rings (SSSR count). The number of halogens is 6. The number of benzene rings is 2. The van der Waals surface area contributed by atoms with Crippen molar-refractivity contribution < 1.29 is 17.6 Å². The second-order valence-electron chi connectivity index (χ2n) is 4.54. The molecule has 0 N–H and O–H groups in total. The molecule has 1 atom stereocenters. The zero-order chi connectivity index (χ0) is 15.6. The molecule has 0 saturated carbocycles. The molecule has 0 aliphatic heterocycles. The molecule has 0 nitrogen and oxygen atoms in total. The van der Waals surface area contributed by atoms with E-state index in [0.29, 0.717) is 11.1 Å². The number of alkyl halides is 4. The summed E-state index contributed by atoms with van der Waals surface area (Å²) in [5.74, 6) is -0.400. The highest BCUT2D eigenvalue weighted by molar-refractivity contribution is 9.10. The van der Waals surface area contributed by atoms with Crippen molar-refractivity contribution in [3.63, 3.8) is 0 Å². The molecule has 6 heteroatoms. The first-order chi connectivity index (χ1) is 9.77. The zero-order valence-corrected chi connectivity index (χ0v) is 12.9. The van der Waals surface area contributed by atoms with Gasteiger partial charge in [-0.05, 0) is 41.8 Å². The van der Waals surface area contributed by atoms with Crippen LogP contribution >= 0.6 is 27.5 Å². The summed E-state index contributed by atoms with van der Waals surface area (Å²) in [6.45, 7) is 0. The van der Waals surface area contributed by atoms with E-state index in [4.69, 9.17) is 11.6 Å². The highest BCUT2D eigenvalue weighted by Gasteiger charge is 2.33. The van der Waals surface area contributed by atoms with Gasteiger partial charge in [0.05, 0.1) is 10.9 Å². The van der Waals surface area contributed by atoms with Crippen LogP contribution in [-0.4, -0.2) is 0 Å². The second-order valence-corrected chi connectivity index (χ2v) is 5.92. The van der Waals surface area contributed by atoms with E-state index in [-0.39, 0.29) is 10.9 Å². The van der Waals surface area contributed by atoms with Crippen LogP contribution in [0.2, 0.25) is 0 Å². The molecular formula is C15H10BrClF4. The molecule has 112 valence electrons. The van der Waals surface area contributed by atoms with Gasteiger partial charge >= 0.3 is 6.18 Å². The Kier molecular flexibility index (Phi) is 4.94. The number of hydrogen-bond donors (Lipinski definition) is 0. The summed E-state index contributed by atoms with van der Waals surface area (Å²) in [4.78, 5) is 0. The summed E-state index contributed by atoms with van der Waals surface area (Å²) in [5, 5.41) is -0.666. The predicted molar refractivity (Wildman–Crippen MR) is 77.8 cm³/mol. The van der Waals surface area contributed by atoms with Gasteiger partial charge in [-0.2, -0.15) is 13.2 Å². The van der Waals surface area contributed by atoms with Gasteiger partial charge in [0.1, 0.15) is 5.82 Å². The number of rotatable bonds is 3. The van der Waals surface area contributed by atoms with E-state index in [1.54, 1.807) is 6.07 Å². The number of hydrogen-bond acceptors (Lipinski definition) is 0. The molecule has 0 bridgehead atoms.